The molecule has 1 amide bonds. The van der Waals surface area contributed by atoms with Crippen molar-refractivity contribution < 1.29 is 13.2 Å². The molecule has 0 aliphatic heterocycles. The van der Waals surface area contributed by atoms with Gasteiger partial charge in [0.25, 0.3) is 0 Å². The van der Waals surface area contributed by atoms with Crippen LogP contribution >= 0.6 is 0 Å². The lowest BCUT2D eigenvalue weighted by atomic mass is 9.99. The van der Waals surface area contributed by atoms with Gasteiger partial charge >= 0.3 is 0 Å². The summed E-state index contributed by atoms with van der Waals surface area (Å²) < 4.78 is 26.8. The average Bonchev–Trinajstić information content (AvgIpc) is 2.35. The van der Waals surface area contributed by atoms with E-state index >= 15 is 0 Å². The summed E-state index contributed by atoms with van der Waals surface area (Å²) in [4.78, 5) is 11.0. The van der Waals surface area contributed by atoms with Crippen LogP contribution in [0.1, 0.15) is 31.1 Å². The largest absolute Gasteiger partial charge is 0.398 e. The van der Waals surface area contributed by atoms with Crippen molar-refractivity contribution in [2.75, 3.05) is 12.3 Å². The average molecular weight is 299 g/mol. The van der Waals surface area contributed by atoms with Crippen LogP contribution in [-0.4, -0.2) is 20.9 Å². The third-order valence-electron chi connectivity index (χ3n) is 3.32. The van der Waals surface area contributed by atoms with Crippen molar-refractivity contribution in [3.8, 4) is 0 Å². The molecule has 5 N–H and O–H groups in total. The summed E-state index contributed by atoms with van der Waals surface area (Å²) in [6, 6.07) is 3.90. The minimum atomic E-state index is -3.69. The van der Waals surface area contributed by atoms with E-state index in [1.54, 1.807) is 0 Å². The number of sulfonamides is 1. The highest BCUT2D eigenvalue weighted by Crippen LogP contribution is 2.20. The summed E-state index contributed by atoms with van der Waals surface area (Å²) >= 11 is 0. The normalized spacial score (nSPS) is 13.4. The van der Waals surface area contributed by atoms with Crippen molar-refractivity contribution in [3.63, 3.8) is 0 Å². The fourth-order valence-electron chi connectivity index (χ4n) is 1.50. The van der Waals surface area contributed by atoms with E-state index in [2.05, 4.69) is 4.72 Å². The zero-order valence-electron chi connectivity index (χ0n) is 11.9. The Labute approximate surface area is 119 Å². The zero-order valence-corrected chi connectivity index (χ0v) is 12.7. The molecule has 1 rings (SSSR count). The maximum absolute atomic E-state index is 12.2. The Morgan fingerprint density at radius 3 is 2.35 bits per heavy atom. The molecule has 0 radical (unpaired) electrons. The van der Waals surface area contributed by atoms with Crippen LogP contribution in [0.15, 0.2) is 23.1 Å². The Balaban J connectivity index is 2.96. The number of nitrogens with two attached hydrogens (primary N) is 2. The summed E-state index contributed by atoms with van der Waals surface area (Å²) in [5.41, 5.74) is 11.0. The number of benzene rings is 1. The van der Waals surface area contributed by atoms with E-state index in [0.29, 0.717) is 12.5 Å². The van der Waals surface area contributed by atoms with Gasteiger partial charge in [-0.1, -0.05) is 20.8 Å². The molecule has 1 aromatic carbocycles. The molecular formula is C13H21N3O3S. The summed E-state index contributed by atoms with van der Waals surface area (Å²) in [5, 5.41) is 0. The highest BCUT2D eigenvalue weighted by atomic mass is 32.2. The molecule has 0 aliphatic carbocycles. The first-order chi connectivity index (χ1) is 9.15. The van der Waals surface area contributed by atoms with Crippen molar-refractivity contribution in [2.45, 2.75) is 25.7 Å². The first-order valence-electron chi connectivity index (χ1n) is 6.34. The van der Waals surface area contributed by atoms with Gasteiger partial charge in [-0.2, -0.15) is 0 Å². The number of carbonyl (C=O) groups excluding carboxylic acids is 1. The van der Waals surface area contributed by atoms with E-state index in [1.165, 1.54) is 18.2 Å². The molecule has 6 nitrogen and oxygen atoms in total. The van der Waals surface area contributed by atoms with Crippen LogP contribution in [0.4, 0.5) is 5.69 Å². The molecule has 0 heterocycles. The molecule has 0 spiro atoms. The minimum absolute atomic E-state index is 0.00556. The van der Waals surface area contributed by atoms with Gasteiger partial charge in [-0.25, -0.2) is 13.1 Å². The fraction of sp³-hybridized carbons (Fsp3) is 0.462. The van der Waals surface area contributed by atoms with Crippen molar-refractivity contribution in [1.29, 1.82) is 0 Å². The monoisotopic (exact) mass is 299 g/mol. The predicted molar refractivity (Wildman–Crippen MR) is 78.6 cm³/mol. The Morgan fingerprint density at radius 2 is 1.90 bits per heavy atom. The SMILES string of the molecule is CC(C)C(C)CNS(=O)(=O)c1ccc(C(N)=O)cc1N. The third kappa shape index (κ3) is 3.94. The standard InChI is InChI=1S/C13H21N3O3S/c1-8(2)9(3)7-16-20(18,19)12-5-4-10(13(15)17)6-11(12)14/h4-6,8-9,16H,7,14H2,1-3H3,(H2,15,17). The zero-order chi connectivity index (χ0) is 15.5. The second-order valence-electron chi connectivity index (χ2n) is 5.19. The Kier molecular flexibility index (Phi) is 5.13. The van der Waals surface area contributed by atoms with Gasteiger partial charge in [-0.15, -0.1) is 0 Å². The lowest BCUT2D eigenvalue weighted by Crippen LogP contribution is -2.30. The second kappa shape index (κ2) is 6.23. The first kappa shape index (κ1) is 16.5. The first-order valence-corrected chi connectivity index (χ1v) is 7.82. The quantitative estimate of drug-likeness (QED) is 0.678. The van der Waals surface area contributed by atoms with Crippen LogP contribution in [-0.2, 0) is 10.0 Å². The number of nitrogen functional groups attached to an aromatic ring is 1. The van der Waals surface area contributed by atoms with Crippen LogP contribution < -0.4 is 16.2 Å². The molecule has 1 atom stereocenters. The number of hydrogen-bond donors (Lipinski definition) is 3. The molecule has 112 valence electrons. The minimum Gasteiger partial charge on any atom is -0.398 e. The summed E-state index contributed by atoms with van der Waals surface area (Å²) in [6.45, 7) is 6.34. The smallest absolute Gasteiger partial charge is 0.248 e. The van der Waals surface area contributed by atoms with Crippen LogP contribution in [0.25, 0.3) is 0 Å². The molecule has 1 unspecified atom stereocenters. The Hall–Kier alpha value is -1.60. The number of nitrogens with one attached hydrogen (secondary N) is 1. The second-order valence-corrected chi connectivity index (χ2v) is 6.93. The number of rotatable bonds is 6. The molecule has 0 aromatic heterocycles. The molecule has 0 fully saturated rings. The van der Waals surface area contributed by atoms with Crippen molar-refractivity contribution in [3.05, 3.63) is 23.8 Å². The molecule has 1 aromatic rings. The maximum Gasteiger partial charge on any atom is 0.248 e. The van der Waals surface area contributed by atoms with Gasteiger partial charge in [-0.05, 0) is 30.0 Å². The summed E-state index contributed by atoms with van der Waals surface area (Å²) in [5.74, 6) is -0.0785. The topological polar surface area (TPSA) is 115 Å². The van der Waals surface area contributed by atoms with Crippen LogP contribution in [0.5, 0.6) is 0 Å². The molecular weight excluding hydrogens is 278 g/mol. The lowest BCUT2D eigenvalue weighted by Gasteiger charge is -2.17. The molecule has 7 heteroatoms. The molecule has 0 saturated heterocycles. The van der Waals surface area contributed by atoms with Crippen molar-refractivity contribution >= 4 is 21.6 Å². The van der Waals surface area contributed by atoms with Crippen LogP contribution in [0, 0.1) is 11.8 Å². The van der Waals surface area contributed by atoms with Gasteiger partial charge < -0.3 is 11.5 Å². The van der Waals surface area contributed by atoms with E-state index in [9.17, 15) is 13.2 Å². The van der Waals surface area contributed by atoms with Crippen molar-refractivity contribution in [2.24, 2.45) is 17.6 Å². The number of carbonyl (C=O) groups is 1. The highest BCUT2D eigenvalue weighted by molar-refractivity contribution is 7.89. The highest BCUT2D eigenvalue weighted by Gasteiger charge is 2.19. The van der Waals surface area contributed by atoms with Gasteiger partial charge in [0.15, 0.2) is 0 Å². The van der Waals surface area contributed by atoms with Gasteiger partial charge in [0.05, 0.1) is 5.69 Å². The predicted octanol–water partition coefficient (Wildman–Crippen LogP) is 0.938. The van der Waals surface area contributed by atoms with E-state index in [4.69, 9.17) is 11.5 Å². The number of anilines is 1. The van der Waals surface area contributed by atoms with Gasteiger partial charge in [-0.3, -0.25) is 4.79 Å². The van der Waals surface area contributed by atoms with E-state index in [-0.39, 0.29) is 22.1 Å². The van der Waals surface area contributed by atoms with E-state index < -0.39 is 15.9 Å². The summed E-state index contributed by atoms with van der Waals surface area (Å²) in [7, 11) is -3.69. The number of hydrogen-bond acceptors (Lipinski definition) is 4. The lowest BCUT2D eigenvalue weighted by molar-refractivity contribution is 0.1000. The van der Waals surface area contributed by atoms with Gasteiger partial charge in [0.1, 0.15) is 4.90 Å². The molecule has 0 bridgehead atoms. The van der Waals surface area contributed by atoms with E-state index in [0.717, 1.165) is 0 Å². The maximum atomic E-state index is 12.2. The van der Waals surface area contributed by atoms with E-state index in [1.807, 2.05) is 20.8 Å². The fourth-order valence-corrected chi connectivity index (χ4v) is 2.76. The Morgan fingerprint density at radius 1 is 1.30 bits per heavy atom. The number of primary amides is 1. The molecule has 20 heavy (non-hydrogen) atoms. The van der Waals surface area contributed by atoms with Gasteiger partial charge in [0.2, 0.25) is 15.9 Å². The van der Waals surface area contributed by atoms with Gasteiger partial charge in [0, 0.05) is 12.1 Å². The Bertz CT molecular complexity index is 597. The van der Waals surface area contributed by atoms with Crippen LogP contribution in [0.3, 0.4) is 0 Å². The number of amides is 1. The van der Waals surface area contributed by atoms with Crippen molar-refractivity contribution in [1.82, 2.24) is 4.72 Å². The van der Waals surface area contributed by atoms with Crippen LogP contribution in [0.2, 0.25) is 0 Å². The molecule has 0 aliphatic rings. The third-order valence-corrected chi connectivity index (χ3v) is 4.81. The molecule has 0 saturated carbocycles. The summed E-state index contributed by atoms with van der Waals surface area (Å²) in [6.07, 6.45) is 0.